The molecule has 2 aliphatic rings. The van der Waals surface area contributed by atoms with E-state index in [1.165, 1.54) is 12.8 Å². The summed E-state index contributed by atoms with van der Waals surface area (Å²) in [7, 11) is 0. The number of rotatable bonds is 1. The second-order valence-corrected chi connectivity index (χ2v) is 4.32. The Bertz CT molecular complexity index is 229. The number of hydrogen-bond acceptors (Lipinski definition) is 2. The summed E-state index contributed by atoms with van der Waals surface area (Å²) in [6.07, 6.45) is 4.48. The van der Waals surface area contributed by atoms with Crippen LogP contribution in [0.1, 0.15) is 39.5 Å². The van der Waals surface area contributed by atoms with Crippen LogP contribution in [0.15, 0.2) is 0 Å². The average Bonchev–Trinajstić information content (AvgIpc) is 2.42. The average molecular weight is 182 g/mol. The van der Waals surface area contributed by atoms with E-state index < -0.39 is 0 Å². The minimum Gasteiger partial charge on any atom is -0.337 e. The zero-order valence-corrected chi connectivity index (χ0v) is 8.47. The quantitative estimate of drug-likeness (QED) is 0.658. The van der Waals surface area contributed by atoms with E-state index in [4.69, 9.17) is 0 Å². The number of fused-ring (bicyclic) bond motifs is 1. The Balaban J connectivity index is 2.22. The standard InChI is InChI=1S/C10H18N2O/c1-3-10(2)11-9(13)8-6-4-5-7-12(8)10/h8H,3-7H2,1-2H3,(H,11,13). The predicted molar refractivity (Wildman–Crippen MR) is 51.2 cm³/mol. The first-order chi connectivity index (χ1) is 6.17. The van der Waals surface area contributed by atoms with Crippen molar-refractivity contribution in [2.45, 2.75) is 51.2 Å². The van der Waals surface area contributed by atoms with E-state index in [2.05, 4.69) is 24.1 Å². The Morgan fingerprint density at radius 1 is 1.62 bits per heavy atom. The van der Waals surface area contributed by atoms with Crippen molar-refractivity contribution in [2.24, 2.45) is 0 Å². The normalized spacial score (nSPS) is 40.2. The summed E-state index contributed by atoms with van der Waals surface area (Å²) >= 11 is 0. The van der Waals surface area contributed by atoms with E-state index in [1.54, 1.807) is 0 Å². The molecule has 0 aliphatic carbocycles. The molecule has 2 rings (SSSR count). The molecule has 0 spiro atoms. The zero-order chi connectivity index (χ0) is 9.47. The monoisotopic (exact) mass is 182 g/mol. The van der Waals surface area contributed by atoms with Crippen molar-refractivity contribution >= 4 is 5.91 Å². The largest absolute Gasteiger partial charge is 0.337 e. The highest BCUT2D eigenvalue weighted by molar-refractivity contribution is 5.85. The van der Waals surface area contributed by atoms with Gasteiger partial charge < -0.3 is 5.32 Å². The molecule has 0 bridgehead atoms. The minimum atomic E-state index is -0.0673. The maximum atomic E-state index is 11.6. The lowest BCUT2D eigenvalue weighted by atomic mass is 10.0. The third-order valence-corrected chi connectivity index (χ3v) is 3.52. The van der Waals surface area contributed by atoms with Gasteiger partial charge in [0.1, 0.15) is 0 Å². The molecule has 3 nitrogen and oxygen atoms in total. The topological polar surface area (TPSA) is 32.3 Å². The van der Waals surface area contributed by atoms with E-state index in [-0.39, 0.29) is 17.6 Å². The third-order valence-electron chi connectivity index (χ3n) is 3.52. The van der Waals surface area contributed by atoms with Gasteiger partial charge in [-0.2, -0.15) is 0 Å². The molecule has 2 aliphatic heterocycles. The van der Waals surface area contributed by atoms with Crippen molar-refractivity contribution in [2.75, 3.05) is 6.54 Å². The first-order valence-electron chi connectivity index (χ1n) is 5.26. The Labute approximate surface area is 79.5 Å². The smallest absolute Gasteiger partial charge is 0.238 e. The fourth-order valence-electron chi connectivity index (χ4n) is 2.51. The SMILES string of the molecule is CCC1(C)NC(=O)C2CCCCN21. The molecule has 2 saturated heterocycles. The van der Waals surface area contributed by atoms with Gasteiger partial charge >= 0.3 is 0 Å². The van der Waals surface area contributed by atoms with Gasteiger partial charge in [0.25, 0.3) is 0 Å². The van der Waals surface area contributed by atoms with E-state index in [9.17, 15) is 4.79 Å². The first kappa shape index (κ1) is 9.00. The Hall–Kier alpha value is -0.570. The number of carbonyl (C=O) groups excluding carboxylic acids is 1. The van der Waals surface area contributed by atoms with Crippen LogP contribution in [0.25, 0.3) is 0 Å². The van der Waals surface area contributed by atoms with Gasteiger partial charge in [0, 0.05) is 6.54 Å². The molecular formula is C10H18N2O. The number of nitrogens with one attached hydrogen (secondary N) is 1. The summed E-state index contributed by atoms with van der Waals surface area (Å²) in [5.74, 6) is 0.240. The van der Waals surface area contributed by atoms with E-state index >= 15 is 0 Å². The van der Waals surface area contributed by atoms with Crippen molar-refractivity contribution in [1.82, 2.24) is 10.2 Å². The summed E-state index contributed by atoms with van der Waals surface area (Å²) in [5.41, 5.74) is -0.0673. The van der Waals surface area contributed by atoms with Crippen molar-refractivity contribution in [3.05, 3.63) is 0 Å². The van der Waals surface area contributed by atoms with Crippen LogP contribution in [-0.2, 0) is 4.79 Å². The van der Waals surface area contributed by atoms with Crippen LogP contribution >= 0.6 is 0 Å². The van der Waals surface area contributed by atoms with Gasteiger partial charge in [-0.05, 0) is 26.2 Å². The Morgan fingerprint density at radius 2 is 2.38 bits per heavy atom. The highest BCUT2D eigenvalue weighted by atomic mass is 16.2. The number of piperidine rings is 1. The minimum absolute atomic E-state index is 0.0673. The maximum absolute atomic E-state index is 11.6. The van der Waals surface area contributed by atoms with Crippen LogP contribution in [0.5, 0.6) is 0 Å². The third kappa shape index (κ3) is 1.26. The highest BCUT2D eigenvalue weighted by Crippen LogP contribution is 2.31. The van der Waals surface area contributed by atoms with Crippen LogP contribution in [0.2, 0.25) is 0 Å². The van der Waals surface area contributed by atoms with Gasteiger partial charge in [-0.3, -0.25) is 9.69 Å². The van der Waals surface area contributed by atoms with Crippen LogP contribution < -0.4 is 5.32 Å². The summed E-state index contributed by atoms with van der Waals surface area (Å²) in [6, 6.07) is 0.165. The molecular weight excluding hydrogens is 164 g/mol. The zero-order valence-electron chi connectivity index (χ0n) is 8.47. The molecule has 2 atom stereocenters. The molecule has 0 saturated carbocycles. The van der Waals surface area contributed by atoms with Crippen molar-refractivity contribution < 1.29 is 4.79 Å². The number of carbonyl (C=O) groups is 1. The van der Waals surface area contributed by atoms with Crippen LogP contribution in [-0.4, -0.2) is 29.1 Å². The lowest BCUT2D eigenvalue weighted by molar-refractivity contribution is -0.122. The van der Waals surface area contributed by atoms with E-state index in [1.807, 2.05) is 0 Å². The van der Waals surface area contributed by atoms with Crippen molar-refractivity contribution in [1.29, 1.82) is 0 Å². The van der Waals surface area contributed by atoms with E-state index in [0.717, 1.165) is 19.4 Å². The number of hydrogen-bond donors (Lipinski definition) is 1. The summed E-state index contributed by atoms with van der Waals surface area (Å²) in [4.78, 5) is 14.0. The van der Waals surface area contributed by atoms with Gasteiger partial charge in [0.2, 0.25) is 5.91 Å². The summed E-state index contributed by atoms with van der Waals surface area (Å²) in [6.45, 7) is 5.35. The molecule has 1 amide bonds. The van der Waals surface area contributed by atoms with Gasteiger partial charge in [0.15, 0.2) is 0 Å². The molecule has 2 unspecified atom stereocenters. The summed E-state index contributed by atoms with van der Waals surface area (Å²) < 4.78 is 0. The van der Waals surface area contributed by atoms with Gasteiger partial charge in [-0.15, -0.1) is 0 Å². The van der Waals surface area contributed by atoms with Gasteiger partial charge in [-0.25, -0.2) is 0 Å². The molecule has 0 radical (unpaired) electrons. The maximum Gasteiger partial charge on any atom is 0.238 e. The first-order valence-corrected chi connectivity index (χ1v) is 5.26. The molecule has 0 aromatic rings. The molecule has 0 aromatic carbocycles. The highest BCUT2D eigenvalue weighted by Gasteiger charge is 2.47. The second kappa shape index (κ2) is 2.98. The molecule has 3 heteroatoms. The Kier molecular flexibility index (Phi) is 2.06. The lowest BCUT2D eigenvalue weighted by Crippen LogP contribution is -2.51. The van der Waals surface area contributed by atoms with Crippen LogP contribution in [0, 0.1) is 0 Å². The van der Waals surface area contributed by atoms with Gasteiger partial charge in [-0.1, -0.05) is 13.3 Å². The molecule has 74 valence electrons. The summed E-state index contributed by atoms with van der Waals surface area (Å²) in [5, 5.41) is 3.11. The Morgan fingerprint density at radius 3 is 3.08 bits per heavy atom. The molecule has 13 heavy (non-hydrogen) atoms. The molecule has 2 fully saturated rings. The van der Waals surface area contributed by atoms with Gasteiger partial charge in [0.05, 0.1) is 11.7 Å². The number of amides is 1. The molecule has 1 N–H and O–H groups in total. The molecule has 0 aromatic heterocycles. The van der Waals surface area contributed by atoms with Crippen LogP contribution in [0.4, 0.5) is 0 Å². The molecule has 2 heterocycles. The lowest BCUT2D eigenvalue weighted by Gasteiger charge is -2.38. The van der Waals surface area contributed by atoms with E-state index in [0.29, 0.717) is 0 Å². The van der Waals surface area contributed by atoms with Crippen LogP contribution in [0.3, 0.4) is 0 Å². The van der Waals surface area contributed by atoms with Crippen molar-refractivity contribution in [3.63, 3.8) is 0 Å². The predicted octanol–water partition coefficient (Wildman–Crippen LogP) is 1.10. The van der Waals surface area contributed by atoms with Crippen molar-refractivity contribution in [3.8, 4) is 0 Å². The second-order valence-electron chi connectivity index (χ2n) is 4.32. The fourth-order valence-corrected chi connectivity index (χ4v) is 2.51. The fraction of sp³-hybridized carbons (Fsp3) is 0.900. The number of nitrogens with zero attached hydrogens (tertiary/aromatic N) is 1.